The Labute approximate surface area is 115 Å². The Hall–Kier alpha value is -2.14. The van der Waals surface area contributed by atoms with Gasteiger partial charge < -0.3 is 15.2 Å². The minimum atomic E-state index is -0.627. The maximum atomic E-state index is 13.5. The van der Waals surface area contributed by atoms with Crippen molar-refractivity contribution in [2.24, 2.45) is 5.73 Å². The van der Waals surface area contributed by atoms with E-state index in [1.165, 1.54) is 0 Å². The van der Waals surface area contributed by atoms with Gasteiger partial charge in [-0.05, 0) is 29.8 Å². The summed E-state index contributed by atoms with van der Waals surface area (Å²) in [6.07, 6.45) is -0.558. The molecule has 2 rings (SSSR count). The van der Waals surface area contributed by atoms with Crippen LogP contribution in [0.4, 0.5) is 8.78 Å². The Morgan fingerprint density at radius 1 is 1.10 bits per heavy atom. The summed E-state index contributed by atoms with van der Waals surface area (Å²) in [7, 11) is 1.56. The molecule has 1 atom stereocenters. The molecular weight excluding hydrogens is 264 g/mol. The minimum absolute atomic E-state index is 0.141. The maximum Gasteiger partial charge on any atom is 0.165 e. The number of hydrogen-bond donors (Lipinski definition) is 1. The summed E-state index contributed by atoms with van der Waals surface area (Å²) in [5, 5.41) is 0. The molecule has 0 radical (unpaired) electrons. The fraction of sp³-hybridized carbons (Fsp3) is 0.200. The van der Waals surface area contributed by atoms with E-state index in [0.29, 0.717) is 5.75 Å². The molecule has 1 unspecified atom stereocenters. The number of rotatable bonds is 5. The first-order valence-corrected chi connectivity index (χ1v) is 6.09. The molecule has 0 spiro atoms. The summed E-state index contributed by atoms with van der Waals surface area (Å²) in [6.45, 7) is 0.141. The molecule has 3 nitrogen and oxygen atoms in total. The average molecular weight is 279 g/mol. The molecule has 0 amide bonds. The van der Waals surface area contributed by atoms with Crippen molar-refractivity contribution in [1.29, 1.82) is 0 Å². The third-order valence-corrected chi connectivity index (χ3v) is 2.86. The molecule has 0 aliphatic heterocycles. The van der Waals surface area contributed by atoms with E-state index in [9.17, 15) is 8.78 Å². The van der Waals surface area contributed by atoms with E-state index in [2.05, 4.69) is 0 Å². The van der Waals surface area contributed by atoms with Gasteiger partial charge in [0.15, 0.2) is 11.6 Å². The van der Waals surface area contributed by atoms with E-state index < -0.39 is 17.7 Å². The molecule has 0 saturated heterocycles. The molecule has 0 aliphatic rings. The summed E-state index contributed by atoms with van der Waals surface area (Å²) < 4.78 is 37.2. The SMILES string of the molecule is COc1ccc(C(CN)Oc2cc(F)ccc2F)cc1. The molecule has 0 bridgehead atoms. The summed E-state index contributed by atoms with van der Waals surface area (Å²) in [6, 6.07) is 10.1. The highest BCUT2D eigenvalue weighted by atomic mass is 19.1. The molecule has 106 valence electrons. The molecule has 20 heavy (non-hydrogen) atoms. The third-order valence-electron chi connectivity index (χ3n) is 2.86. The highest BCUT2D eigenvalue weighted by molar-refractivity contribution is 5.31. The van der Waals surface area contributed by atoms with Crippen LogP contribution in [-0.2, 0) is 0 Å². The number of nitrogens with two attached hydrogens (primary N) is 1. The van der Waals surface area contributed by atoms with E-state index >= 15 is 0 Å². The number of hydrogen-bond acceptors (Lipinski definition) is 3. The Balaban J connectivity index is 2.21. The Bertz CT molecular complexity index is 573. The zero-order valence-corrected chi connectivity index (χ0v) is 11.0. The van der Waals surface area contributed by atoms with E-state index in [-0.39, 0.29) is 12.3 Å². The van der Waals surface area contributed by atoms with Gasteiger partial charge in [-0.15, -0.1) is 0 Å². The molecule has 0 heterocycles. The second-order valence-electron chi connectivity index (χ2n) is 4.19. The lowest BCUT2D eigenvalue weighted by molar-refractivity contribution is 0.203. The lowest BCUT2D eigenvalue weighted by atomic mass is 10.1. The van der Waals surface area contributed by atoms with Crippen LogP contribution in [0.5, 0.6) is 11.5 Å². The van der Waals surface area contributed by atoms with Gasteiger partial charge in [0.1, 0.15) is 17.7 Å². The van der Waals surface area contributed by atoms with Crippen LogP contribution in [0.1, 0.15) is 11.7 Å². The first-order valence-electron chi connectivity index (χ1n) is 6.09. The lowest BCUT2D eigenvalue weighted by Gasteiger charge is -2.18. The average Bonchev–Trinajstić information content (AvgIpc) is 2.48. The molecule has 5 heteroatoms. The Morgan fingerprint density at radius 2 is 1.80 bits per heavy atom. The number of benzene rings is 2. The summed E-state index contributed by atoms with van der Waals surface area (Å²) in [5.74, 6) is -0.650. The van der Waals surface area contributed by atoms with Gasteiger partial charge in [-0.1, -0.05) is 12.1 Å². The summed E-state index contributed by atoms with van der Waals surface area (Å²) in [5.41, 5.74) is 6.40. The fourth-order valence-electron chi connectivity index (χ4n) is 1.79. The van der Waals surface area contributed by atoms with E-state index in [1.807, 2.05) is 0 Å². The van der Waals surface area contributed by atoms with Crippen molar-refractivity contribution in [3.63, 3.8) is 0 Å². The molecule has 0 aliphatic carbocycles. The highest BCUT2D eigenvalue weighted by Crippen LogP contribution is 2.26. The van der Waals surface area contributed by atoms with Gasteiger partial charge in [0, 0.05) is 12.6 Å². The van der Waals surface area contributed by atoms with Crippen LogP contribution in [0.25, 0.3) is 0 Å². The van der Waals surface area contributed by atoms with Crippen molar-refractivity contribution >= 4 is 0 Å². The van der Waals surface area contributed by atoms with Crippen LogP contribution in [0.2, 0.25) is 0 Å². The summed E-state index contributed by atoms with van der Waals surface area (Å²) in [4.78, 5) is 0. The predicted molar refractivity (Wildman–Crippen MR) is 71.8 cm³/mol. The van der Waals surface area contributed by atoms with Gasteiger partial charge in [0.2, 0.25) is 0 Å². The zero-order chi connectivity index (χ0) is 14.5. The molecule has 2 N–H and O–H groups in total. The van der Waals surface area contributed by atoms with Gasteiger partial charge in [-0.2, -0.15) is 0 Å². The Morgan fingerprint density at radius 3 is 2.40 bits per heavy atom. The van der Waals surface area contributed by atoms with Crippen LogP contribution in [0.3, 0.4) is 0 Å². The van der Waals surface area contributed by atoms with Crippen molar-refractivity contribution in [3.8, 4) is 11.5 Å². The quantitative estimate of drug-likeness (QED) is 0.915. The molecule has 0 aromatic heterocycles. The molecule has 2 aromatic carbocycles. The Kier molecular flexibility index (Phi) is 4.53. The van der Waals surface area contributed by atoms with Gasteiger partial charge in [-0.25, -0.2) is 8.78 Å². The van der Waals surface area contributed by atoms with Gasteiger partial charge in [-0.3, -0.25) is 0 Å². The number of methoxy groups -OCH3 is 1. The van der Waals surface area contributed by atoms with Crippen LogP contribution in [0.15, 0.2) is 42.5 Å². The largest absolute Gasteiger partial charge is 0.497 e. The standard InChI is InChI=1S/C15H15F2NO2/c1-19-12-5-2-10(3-6-12)15(9-18)20-14-8-11(16)4-7-13(14)17/h2-8,15H,9,18H2,1H3. The first kappa shape index (κ1) is 14.3. The van der Waals surface area contributed by atoms with Crippen molar-refractivity contribution < 1.29 is 18.3 Å². The van der Waals surface area contributed by atoms with Crippen molar-refractivity contribution in [2.75, 3.05) is 13.7 Å². The van der Waals surface area contributed by atoms with Crippen LogP contribution < -0.4 is 15.2 Å². The smallest absolute Gasteiger partial charge is 0.165 e. The van der Waals surface area contributed by atoms with Gasteiger partial charge in [0.05, 0.1) is 7.11 Å². The van der Waals surface area contributed by atoms with Crippen LogP contribution in [-0.4, -0.2) is 13.7 Å². The predicted octanol–water partition coefficient (Wildman–Crippen LogP) is 3.05. The fourth-order valence-corrected chi connectivity index (χ4v) is 1.79. The maximum absolute atomic E-state index is 13.5. The second-order valence-corrected chi connectivity index (χ2v) is 4.19. The number of ether oxygens (including phenoxy) is 2. The minimum Gasteiger partial charge on any atom is -0.497 e. The van der Waals surface area contributed by atoms with Crippen LogP contribution >= 0.6 is 0 Å². The summed E-state index contributed by atoms with van der Waals surface area (Å²) >= 11 is 0. The van der Waals surface area contributed by atoms with Gasteiger partial charge >= 0.3 is 0 Å². The van der Waals surface area contributed by atoms with E-state index in [0.717, 1.165) is 23.8 Å². The number of halogens is 2. The molecular formula is C15H15F2NO2. The second kappa shape index (κ2) is 6.34. The van der Waals surface area contributed by atoms with Gasteiger partial charge in [0.25, 0.3) is 0 Å². The van der Waals surface area contributed by atoms with Crippen molar-refractivity contribution in [1.82, 2.24) is 0 Å². The van der Waals surface area contributed by atoms with Crippen LogP contribution in [0, 0.1) is 11.6 Å². The molecule has 0 fully saturated rings. The zero-order valence-electron chi connectivity index (χ0n) is 11.0. The lowest BCUT2D eigenvalue weighted by Crippen LogP contribution is -2.19. The van der Waals surface area contributed by atoms with Crippen molar-refractivity contribution in [3.05, 3.63) is 59.7 Å². The molecule has 0 saturated carbocycles. The third kappa shape index (κ3) is 3.24. The van der Waals surface area contributed by atoms with E-state index in [1.54, 1.807) is 31.4 Å². The monoisotopic (exact) mass is 279 g/mol. The van der Waals surface area contributed by atoms with Crippen molar-refractivity contribution in [2.45, 2.75) is 6.10 Å². The molecule has 2 aromatic rings. The highest BCUT2D eigenvalue weighted by Gasteiger charge is 2.15. The first-order chi connectivity index (χ1) is 9.63. The van der Waals surface area contributed by atoms with E-state index in [4.69, 9.17) is 15.2 Å². The topological polar surface area (TPSA) is 44.5 Å². The normalized spacial score (nSPS) is 12.0.